The van der Waals surface area contributed by atoms with Crippen molar-refractivity contribution < 1.29 is 15.0 Å². The number of rotatable bonds is 3. The van der Waals surface area contributed by atoms with Crippen molar-refractivity contribution in [1.82, 2.24) is 0 Å². The lowest BCUT2D eigenvalue weighted by molar-refractivity contribution is -0.148. The van der Waals surface area contributed by atoms with E-state index in [1.54, 1.807) is 0 Å². The van der Waals surface area contributed by atoms with Gasteiger partial charge in [-0.3, -0.25) is 4.79 Å². The van der Waals surface area contributed by atoms with Gasteiger partial charge in [0, 0.05) is 0 Å². The van der Waals surface area contributed by atoms with Crippen LogP contribution >= 0.6 is 0 Å². The fraction of sp³-hybridized carbons (Fsp3) is 0.588. The van der Waals surface area contributed by atoms with Crippen LogP contribution in [0.25, 0.3) is 0 Å². The van der Waals surface area contributed by atoms with Crippen LogP contribution in [0.4, 0.5) is 0 Å². The van der Waals surface area contributed by atoms with E-state index in [9.17, 15) is 15.0 Å². The van der Waals surface area contributed by atoms with E-state index in [1.807, 2.05) is 24.3 Å². The molecule has 2 aliphatic rings. The van der Waals surface area contributed by atoms with E-state index in [0.29, 0.717) is 12.8 Å². The smallest absolute Gasteiger partial charge is 0.314 e. The molecule has 1 unspecified atom stereocenters. The number of hydrogen-bond acceptors (Lipinski definition) is 2. The minimum absolute atomic E-state index is 0.367. The van der Waals surface area contributed by atoms with Crippen LogP contribution in [0.3, 0.4) is 0 Å². The van der Waals surface area contributed by atoms with E-state index in [2.05, 4.69) is 0 Å². The van der Waals surface area contributed by atoms with Crippen molar-refractivity contribution in [3.05, 3.63) is 35.4 Å². The highest BCUT2D eigenvalue weighted by Gasteiger charge is 2.49. The lowest BCUT2D eigenvalue weighted by atomic mass is 9.64. The number of carboxylic acid groups (broad SMARTS) is 1. The van der Waals surface area contributed by atoms with Gasteiger partial charge >= 0.3 is 5.97 Å². The number of aliphatic hydroxyl groups is 1. The zero-order valence-electron chi connectivity index (χ0n) is 11.8. The molecular formula is C17H22O3. The van der Waals surface area contributed by atoms with Crippen molar-refractivity contribution in [3.8, 4) is 0 Å². The van der Waals surface area contributed by atoms with Crippen LogP contribution in [0.2, 0.25) is 0 Å². The predicted molar refractivity (Wildman–Crippen MR) is 76.7 cm³/mol. The van der Waals surface area contributed by atoms with Gasteiger partial charge < -0.3 is 10.2 Å². The Bertz CT molecular complexity index is 517. The summed E-state index contributed by atoms with van der Waals surface area (Å²) in [4.78, 5) is 12.1. The second-order valence-corrected chi connectivity index (χ2v) is 6.51. The summed E-state index contributed by atoms with van der Waals surface area (Å²) in [5, 5.41) is 20.6. The van der Waals surface area contributed by atoms with Crippen LogP contribution in [0.5, 0.6) is 0 Å². The highest BCUT2D eigenvalue weighted by Crippen LogP contribution is 2.47. The van der Waals surface area contributed by atoms with Gasteiger partial charge in [-0.25, -0.2) is 0 Å². The third kappa shape index (κ3) is 2.14. The van der Waals surface area contributed by atoms with Crippen LogP contribution < -0.4 is 0 Å². The maximum Gasteiger partial charge on any atom is 0.314 e. The molecule has 0 heterocycles. The van der Waals surface area contributed by atoms with Crippen molar-refractivity contribution in [2.75, 3.05) is 0 Å². The van der Waals surface area contributed by atoms with Gasteiger partial charge in [-0.05, 0) is 49.7 Å². The molecule has 0 aliphatic heterocycles. The van der Waals surface area contributed by atoms with Crippen LogP contribution in [-0.2, 0) is 16.6 Å². The molecule has 0 spiro atoms. The summed E-state index contributed by atoms with van der Waals surface area (Å²) in [6.45, 7) is 0. The molecule has 0 saturated heterocycles. The Hall–Kier alpha value is -1.35. The van der Waals surface area contributed by atoms with Crippen LogP contribution in [-0.4, -0.2) is 21.8 Å². The summed E-state index contributed by atoms with van der Waals surface area (Å²) in [5.41, 5.74) is 0.387. The Morgan fingerprint density at radius 3 is 2.50 bits per heavy atom. The summed E-state index contributed by atoms with van der Waals surface area (Å²) >= 11 is 0. The Morgan fingerprint density at radius 2 is 1.80 bits per heavy atom. The van der Waals surface area contributed by atoms with Gasteiger partial charge in [0.15, 0.2) is 0 Å². The molecule has 1 aromatic rings. The summed E-state index contributed by atoms with van der Waals surface area (Å²) in [7, 11) is 0. The fourth-order valence-corrected chi connectivity index (χ4v) is 4.17. The first kappa shape index (κ1) is 13.6. The van der Waals surface area contributed by atoms with Gasteiger partial charge in [0.1, 0.15) is 0 Å². The Labute approximate surface area is 119 Å². The molecule has 3 nitrogen and oxygen atoms in total. The number of aliphatic carboxylic acids is 1. The van der Waals surface area contributed by atoms with E-state index in [4.69, 9.17) is 0 Å². The average Bonchev–Trinajstić information content (AvgIpc) is 2.85. The van der Waals surface area contributed by atoms with Crippen molar-refractivity contribution in [2.45, 2.75) is 62.4 Å². The van der Waals surface area contributed by atoms with Gasteiger partial charge in [-0.2, -0.15) is 0 Å². The number of carbonyl (C=O) groups is 1. The monoisotopic (exact) mass is 274 g/mol. The van der Waals surface area contributed by atoms with E-state index < -0.39 is 17.0 Å². The molecule has 2 aliphatic carbocycles. The summed E-state index contributed by atoms with van der Waals surface area (Å²) < 4.78 is 0. The molecule has 1 aromatic carbocycles. The quantitative estimate of drug-likeness (QED) is 0.890. The molecule has 3 rings (SSSR count). The zero-order valence-corrected chi connectivity index (χ0v) is 11.8. The maximum absolute atomic E-state index is 12.1. The lowest BCUT2D eigenvalue weighted by Gasteiger charge is -2.40. The molecular weight excluding hydrogens is 252 g/mol. The first-order chi connectivity index (χ1) is 9.56. The van der Waals surface area contributed by atoms with E-state index in [1.165, 1.54) is 0 Å². The van der Waals surface area contributed by atoms with E-state index in [-0.39, 0.29) is 0 Å². The number of hydrogen-bond donors (Lipinski definition) is 2. The number of aryl methyl sites for hydroxylation is 1. The third-order valence-electron chi connectivity index (χ3n) is 5.16. The van der Waals surface area contributed by atoms with Crippen molar-refractivity contribution in [3.63, 3.8) is 0 Å². The molecule has 0 aromatic heterocycles. The Kier molecular flexibility index (Phi) is 3.33. The molecule has 0 amide bonds. The molecule has 1 saturated carbocycles. The SMILES string of the molecule is O=C(O)C1(CC2(O)CCCC2)CCCc2ccccc21. The molecule has 20 heavy (non-hydrogen) atoms. The standard InChI is InChI=1S/C17H22O3/c18-15(19)17(12-16(20)9-3-4-10-16)11-5-7-13-6-1-2-8-14(13)17/h1-2,6,8,20H,3-5,7,9-12H2,(H,18,19). The highest BCUT2D eigenvalue weighted by molar-refractivity contribution is 5.82. The summed E-state index contributed by atoms with van der Waals surface area (Å²) in [6, 6.07) is 7.87. The van der Waals surface area contributed by atoms with Crippen LogP contribution in [0, 0.1) is 0 Å². The van der Waals surface area contributed by atoms with Gasteiger partial charge in [-0.15, -0.1) is 0 Å². The van der Waals surface area contributed by atoms with Crippen LogP contribution in [0.1, 0.15) is 56.1 Å². The molecule has 108 valence electrons. The number of benzene rings is 1. The van der Waals surface area contributed by atoms with Crippen molar-refractivity contribution in [2.24, 2.45) is 0 Å². The first-order valence-electron chi connectivity index (χ1n) is 7.60. The lowest BCUT2D eigenvalue weighted by Crippen LogP contribution is -2.45. The topological polar surface area (TPSA) is 57.5 Å². The Balaban J connectivity index is 2.03. The van der Waals surface area contributed by atoms with E-state index in [0.717, 1.165) is 49.7 Å². The highest BCUT2D eigenvalue weighted by atomic mass is 16.4. The van der Waals surface area contributed by atoms with Crippen molar-refractivity contribution in [1.29, 1.82) is 0 Å². The molecule has 0 bridgehead atoms. The second-order valence-electron chi connectivity index (χ2n) is 6.51. The minimum Gasteiger partial charge on any atom is -0.481 e. The predicted octanol–water partition coefficient (Wildman–Crippen LogP) is 3.04. The van der Waals surface area contributed by atoms with Gasteiger partial charge in [0.2, 0.25) is 0 Å². The second kappa shape index (κ2) is 4.88. The first-order valence-corrected chi connectivity index (χ1v) is 7.60. The van der Waals surface area contributed by atoms with E-state index >= 15 is 0 Å². The minimum atomic E-state index is -0.895. The van der Waals surface area contributed by atoms with Gasteiger partial charge in [0.25, 0.3) is 0 Å². The third-order valence-corrected chi connectivity index (χ3v) is 5.16. The van der Waals surface area contributed by atoms with Crippen molar-refractivity contribution >= 4 is 5.97 Å². The summed E-state index contributed by atoms with van der Waals surface area (Å²) in [5.74, 6) is -0.773. The number of carboxylic acids is 1. The molecule has 3 heteroatoms. The average molecular weight is 274 g/mol. The number of fused-ring (bicyclic) bond motifs is 1. The van der Waals surface area contributed by atoms with Gasteiger partial charge in [-0.1, -0.05) is 37.1 Å². The normalized spacial score (nSPS) is 28.1. The maximum atomic E-state index is 12.1. The molecule has 2 N–H and O–H groups in total. The zero-order chi connectivity index (χ0) is 14.2. The largest absolute Gasteiger partial charge is 0.481 e. The van der Waals surface area contributed by atoms with Gasteiger partial charge in [0.05, 0.1) is 11.0 Å². The summed E-state index contributed by atoms with van der Waals surface area (Å²) in [6.07, 6.45) is 6.34. The molecule has 0 radical (unpaired) electrons. The molecule has 1 fully saturated rings. The fourth-order valence-electron chi connectivity index (χ4n) is 4.17. The van der Waals surface area contributed by atoms with Crippen LogP contribution in [0.15, 0.2) is 24.3 Å². The Morgan fingerprint density at radius 1 is 1.10 bits per heavy atom. The molecule has 1 atom stereocenters.